The summed E-state index contributed by atoms with van der Waals surface area (Å²) in [6.07, 6.45) is 0.273. The molecule has 31 heavy (non-hydrogen) atoms. The SMILES string of the molecule is CCc1c(C#N)c(SC(C(N)=O)c2ccc(F)cc2F)nc(N2CC[C@H](O)C2)c1C#N. The molecule has 3 N–H and O–H groups in total. The third kappa shape index (κ3) is 4.46. The molecule has 0 radical (unpaired) electrons. The van der Waals surface area contributed by atoms with Crippen LogP contribution in [0, 0.1) is 34.3 Å². The van der Waals surface area contributed by atoms with Crippen molar-refractivity contribution in [3.63, 3.8) is 0 Å². The van der Waals surface area contributed by atoms with E-state index in [0.717, 1.165) is 23.9 Å². The fourth-order valence-electron chi connectivity index (χ4n) is 3.53. The van der Waals surface area contributed by atoms with Crippen molar-refractivity contribution in [3.05, 3.63) is 52.1 Å². The predicted molar refractivity (Wildman–Crippen MR) is 110 cm³/mol. The van der Waals surface area contributed by atoms with Crippen LogP contribution in [0.3, 0.4) is 0 Å². The molecule has 2 heterocycles. The van der Waals surface area contributed by atoms with Gasteiger partial charge in [-0.2, -0.15) is 10.5 Å². The van der Waals surface area contributed by atoms with Crippen LogP contribution in [0.2, 0.25) is 0 Å². The van der Waals surface area contributed by atoms with E-state index in [1.165, 1.54) is 0 Å². The van der Waals surface area contributed by atoms with E-state index in [1.54, 1.807) is 11.8 Å². The topological polar surface area (TPSA) is 127 Å². The van der Waals surface area contributed by atoms with E-state index in [9.17, 15) is 29.2 Å². The Morgan fingerprint density at radius 1 is 1.39 bits per heavy atom. The number of nitriles is 2. The molecule has 10 heteroatoms. The van der Waals surface area contributed by atoms with E-state index in [-0.39, 0.29) is 28.3 Å². The highest BCUT2D eigenvalue weighted by atomic mass is 32.2. The van der Waals surface area contributed by atoms with Gasteiger partial charge < -0.3 is 15.7 Å². The Balaban J connectivity index is 2.15. The highest BCUT2D eigenvalue weighted by molar-refractivity contribution is 8.00. The number of benzene rings is 1. The molecule has 3 rings (SSSR count). The minimum Gasteiger partial charge on any atom is -0.391 e. The van der Waals surface area contributed by atoms with Crippen molar-refractivity contribution in [2.45, 2.75) is 36.1 Å². The van der Waals surface area contributed by atoms with Gasteiger partial charge in [-0.1, -0.05) is 24.8 Å². The fourth-order valence-corrected chi connectivity index (χ4v) is 4.62. The lowest BCUT2D eigenvalue weighted by atomic mass is 10.0. The van der Waals surface area contributed by atoms with Crippen molar-refractivity contribution in [1.29, 1.82) is 10.5 Å². The van der Waals surface area contributed by atoms with Crippen LogP contribution in [-0.2, 0) is 11.2 Å². The smallest absolute Gasteiger partial charge is 0.235 e. The molecule has 7 nitrogen and oxygen atoms in total. The second-order valence-corrected chi connectivity index (χ2v) is 8.09. The molecule has 1 fully saturated rings. The van der Waals surface area contributed by atoms with Gasteiger partial charge in [-0.25, -0.2) is 13.8 Å². The lowest BCUT2D eigenvalue weighted by molar-refractivity contribution is -0.117. The minimum absolute atomic E-state index is 0.0984. The molecule has 0 bridgehead atoms. The van der Waals surface area contributed by atoms with Gasteiger partial charge in [-0.3, -0.25) is 4.79 Å². The average molecular weight is 443 g/mol. The van der Waals surface area contributed by atoms with E-state index in [0.29, 0.717) is 36.8 Å². The van der Waals surface area contributed by atoms with Crippen LogP contribution in [0.25, 0.3) is 0 Å². The molecule has 0 spiro atoms. The van der Waals surface area contributed by atoms with Gasteiger partial charge in [0.2, 0.25) is 5.91 Å². The molecule has 1 aliphatic heterocycles. The molecule has 0 aliphatic carbocycles. The van der Waals surface area contributed by atoms with Crippen LogP contribution in [0.1, 0.15) is 40.8 Å². The number of halogens is 2. The lowest BCUT2D eigenvalue weighted by Crippen LogP contribution is -2.25. The Kier molecular flexibility index (Phi) is 6.74. The summed E-state index contributed by atoms with van der Waals surface area (Å²) in [5, 5.41) is 28.2. The summed E-state index contributed by atoms with van der Waals surface area (Å²) >= 11 is 0.774. The first-order chi connectivity index (χ1) is 14.8. The first kappa shape index (κ1) is 22.5. The number of nitrogens with zero attached hydrogens (tertiary/aromatic N) is 4. The molecular weight excluding hydrogens is 424 g/mol. The molecule has 1 unspecified atom stereocenters. The number of β-amino-alcohol motifs (C(OH)–C–C–N with tert-alkyl or cyclic N) is 1. The summed E-state index contributed by atoms with van der Waals surface area (Å²) < 4.78 is 27.7. The van der Waals surface area contributed by atoms with E-state index in [1.807, 2.05) is 6.07 Å². The zero-order valence-electron chi connectivity index (χ0n) is 16.6. The standard InChI is InChI=1S/C21H19F2N5O2S/c1-2-13-15(8-24)20(28-6-5-12(29)10-28)27-21(16(13)9-25)31-18(19(26)30)14-4-3-11(22)7-17(14)23/h3-4,7,12,18,29H,2,5-6,10H2,1H3,(H2,26,30)/t12-,18?/m0/s1. The Bertz CT molecular complexity index is 1110. The largest absolute Gasteiger partial charge is 0.391 e. The molecule has 1 amide bonds. The third-order valence-electron chi connectivity index (χ3n) is 5.02. The summed E-state index contributed by atoms with van der Waals surface area (Å²) in [7, 11) is 0. The van der Waals surface area contributed by atoms with E-state index in [2.05, 4.69) is 11.1 Å². The van der Waals surface area contributed by atoms with Gasteiger partial charge in [0.1, 0.15) is 39.9 Å². The maximum atomic E-state index is 14.4. The Hall–Kier alpha value is -3.21. The highest BCUT2D eigenvalue weighted by Crippen LogP contribution is 2.40. The first-order valence-corrected chi connectivity index (χ1v) is 10.4. The zero-order chi connectivity index (χ0) is 22.7. The number of amides is 1. The Labute approximate surface area is 182 Å². The number of carbonyl (C=O) groups is 1. The number of aliphatic hydroxyl groups excluding tert-OH is 1. The molecule has 1 aromatic heterocycles. The molecule has 2 atom stereocenters. The van der Waals surface area contributed by atoms with Crippen molar-refractivity contribution in [1.82, 2.24) is 4.98 Å². The summed E-state index contributed by atoms with van der Waals surface area (Å²) in [6.45, 7) is 2.51. The van der Waals surface area contributed by atoms with Crippen molar-refractivity contribution >= 4 is 23.5 Å². The molecule has 1 aliphatic rings. The second-order valence-electron chi connectivity index (χ2n) is 7.00. The zero-order valence-corrected chi connectivity index (χ0v) is 17.4. The number of hydrogen-bond donors (Lipinski definition) is 2. The summed E-state index contributed by atoms with van der Waals surface area (Å²) in [4.78, 5) is 18.3. The quantitative estimate of drug-likeness (QED) is 0.657. The minimum atomic E-state index is -1.27. The van der Waals surface area contributed by atoms with Crippen LogP contribution in [0.4, 0.5) is 14.6 Å². The number of thioether (sulfide) groups is 1. The van der Waals surface area contributed by atoms with Crippen molar-refractivity contribution in [3.8, 4) is 12.1 Å². The van der Waals surface area contributed by atoms with Gasteiger partial charge in [0, 0.05) is 24.7 Å². The predicted octanol–water partition coefficient (Wildman–Crippen LogP) is 2.56. The van der Waals surface area contributed by atoms with Crippen LogP contribution in [0.15, 0.2) is 23.2 Å². The summed E-state index contributed by atoms with van der Waals surface area (Å²) in [5.74, 6) is -2.34. The molecular formula is C21H19F2N5O2S. The van der Waals surface area contributed by atoms with Gasteiger partial charge in [-0.15, -0.1) is 0 Å². The van der Waals surface area contributed by atoms with Crippen molar-refractivity contribution in [2.24, 2.45) is 5.73 Å². The molecule has 1 aromatic carbocycles. The van der Waals surface area contributed by atoms with Gasteiger partial charge in [0.25, 0.3) is 0 Å². The number of primary amides is 1. The lowest BCUT2D eigenvalue weighted by Gasteiger charge is -2.23. The van der Waals surface area contributed by atoms with Crippen molar-refractivity contribution in [2.75, 3.05) is 18.0 Å². The van der Waals surface area contributed by atoms with Crippen LogP contribution in [-0.4, -0.2) is 35.2 Å². The van der Waals surface area contributed by atoms with Gasteiger partial charge in [0.05, 0.1) is 17.2 Å². The Morgan fingerprint density at radius 3 is 2.61 bits per heavy atom. The first-order valence-electron chi connectivity index (χ1n) is 9.51. The van der Waals surface area contributed by atoms with E-state index < -0.39 is 28.9 Å². The van der Waals surface area contributed by atoms with Crippen molar-refractivity contribution < 1.29 is 18.7 Å². The normalized spacial score (nSPS) is 16.6. The number of anilines is 1. The van der Waals surface area contributed by atoms with E-state index in [4.69, 9.17) is 5.73 Å². The van der Waals surface area contributed by atoms with E-state index >= 15 is 0 Å². The number of aliphatic hydroxyl groups is 1. The molecule has 1 saturated heterocycles. The molecule has 160 valence electrons. The number of pyridine rings is 1. The molecule has 2 aromatic rings. The second kappa shape index (κ2) is 9.29. The highest BCUT2D eigenvalue weighted by Gasteiger charge is 2.30. The number of rotatable bonds is 6. The maximum Gasteiger partial charge on any atom is 0.235 e. The van der Waals surface area contributed by atoms with Gasteiger partial charge in [-0.05, 0) is 24.5 Å². The summed E-state index contributed by atoms with van der Waals surface area (Å²) in [5.41, 5.74) is 6.13. The van der Waals surface area contributed by atoms with Crippen LogP contribution in [0.5, 0.6) is 0 Å². The number of hydrogen-bond acceptors (Lipinski definition) is 7. The maximum absolute atomic E-state index is 14.4. The number of nitrogens with two attached hydrogens (primary N) is 1. The van der Waals surface area contributed by atoms with Gasteiger partial charge in [0.15, 0.2) is 0 Å². The fraction of sp³-hybridized carbons (Fsp3) is 0.333. The average Bonchev–Trinajstić information content (AvgIpc) is 3.17. The summed E-state index contributed by atoms with van der Waals surface area (Å²) in [6, 6.07) is 6.91. The van der Waals surface area contributed by atoms with Crippen LogP contribution >= 0.6 is 11.8 Å². The molecule has 0 saturated carbocycles. The Morgan fingerprint density at radius 2 is 2.10 bits per heavy atom. The number of aromatic nitrogens is 1. The number of carbonyl (C=O) groups excluding carboxylic acids is 1. The van der Waals surface area contributed by atoms with Gasteiger partial charge >= 0.3 is 0 Å². The third-order valence-corrected chi connectivity index (χ3v) is 6.26. The monoisotopic (exact) mass is 443 g/mol. The van der Waals surface area contributed by atoms with Crippen LogP contribution < -0.4 is 10.6 Å².